The van der Waals surface area contributed by atoms with Crippen molar-refractivity contribution in [2.24, 2.45) is 0 Å². The molecule has 0 unspecified atom stereocenters. The first-order valence-corrected chi connectivity index (χ1v) is 7.12. The van der Waals surface area contributed by atoms with E-state index in [1.165, 1.54) is 10.3 Å². The van der Waals surface area contributed by atoms with Gasteiger partial charge in [0.2, 0.25) is 0 Å². The van der Waals surface area contributed by atoms with Gasteiger partial charge >= 0.3 is 0 Å². The van der Waals surface area contributed by atoms with Gasteiger partial charge in [0, 0.05) is 11.1 Å². The summed E-state index contributed by atoms with van der Waals surface area (Å²) < 4.78 is 1.18. The monoisotopic (exact) mass is 266 g/mol. The molecule has 2 aromatic carbocycles. The Labute approximate surface area is 116 Å². The number of ketones is 1. The molecule has 0 saturated carbocycles. The predicted molar refractivity (Wildman–Crippen MR) is 81.0 cm³/mol. The summed E-state index contributed by atoms with van der Waals surface area (Å²) in [5.41, 5.74) is 2.29. The Kier molecular flexibility index (Phi) is 3.18. The zero-order valence-corrected chi connectivity index (χ0v) is 11.5. The van der Waals surface area contributed by atoms with Gasteiger partial charge in [0.1, 0.15) is 0 Å². The van der Waals surface area contributed by atoms with Crippen molar-refractivity contribution >= 4 is 27.2 Å². The molecule has 0 bridgehead atoms. The molecule has 0 N–H and O–H groups in total. The van der Waals surface area contributed by atoms with Crippen molar-refractivity contribution < 1.29 is 4.79 Å². The molecule has 0 spiro atoms. The van der Waals surface area contributed by atoms with E-state index in [1.807, 2.05) is 49.4 Å². The second kappa shape index (κ2) is 4.98. The van der Waals surface area contributed by atoms with Crippen LogP contribution in [0.15, 0.2) is 54.6 Å². The molecule has 0 radical (unpaired) electrons. The molecule has 0 aliphatic rings. The lowest BCUT2D eigenvalue weighted by Gasteiger charge is -2.03. The fraction of sp³-hybridized carbons (Fsp3) is 0.118. The fourth-order valence-electron chi connectivity index (χ4n) is 2.19. The van der Waals surface area contributed by atoms with Gasteiger partial charge in [0.15, 0.2) is 5.78 Å². The average Bonchev–Trinajstić information content (AvgIpc) is 2.85. The summed E-state index contributed by atoms with van der Waals surface area (Å²) in [5.74, 6) is 0.204. The summed E-state index contributed by atoms with van der Waals surface area (Å²) in [6.07, 6.45) is 0.486. The number of fused-ring (bicyclic) bond motifs is 1. The first-order chi connectivity index (χ1) is 9.24. The van der Waals surface area contributed by atoms with Crippen LogP contribution in [0, 0.1) is 6.92 Å². The Bertz CT molecular complexity index is 707. The second-order valence-corrected chi connectivity index (χ2v) is 5.76. The van der Waals surface area contributed by atoms with Gasteiger partial charge in [-0.1, -0.05) is 42.5 Å². The van der Waals surface area contributed by atoms with E-state index in [2.05, 4.69) is 12.1 Å². The fourth-order valence-corrected chi connectivity index (χ4v) is 3.19. The van der Waals surface area contributed by atoms with Gasteiger partial charge in [0.05, 0.1) is 4.88 Å². The van der Waals surface area contributed by atoms with Gasteiger partial charge in [-0.15, -0.1) is 11.3 Å². The van der Waals surface area contributed by atoms with Crippen LogP contribution in [0.1, 0.15) is 20.8 Å². The van der Waals surface area contributed by atoms with E-state index < -0.39 is 0 Å². The number of hydrogen-bond donors (Lipinski definition) is 0. The standard InChI is InChI=1S/C17H14OS/c1-12-6-2-3-7-13(12)10-15(18)17-11-14-8-4-5-9-16(14)19-17/h2-9,11H,10H2,1H3. The molecule has 0 fully saturated rings. The highest BCUT2D eigenvalue weighted by atomic mass is 32.1. The van der Waals surface area contributed by atoms with Crippen LogP contribution >= 0.6 is 11.3 Å². The van der Waals surface area contributed by atoms with Crippen LogP contribution in [0.4, 0.5) is 0 Å². The molecular weight excluding hydrogens is 252 g/mol. The van der Waals surface area contributed by atoms with Crippen LogP contribution in [0.25, 0.3) is 10.1 Å². The minimum absolute atomic E-state index is 0.204. The van der Waals surface area contributed by atoms with Gasteiger partial charge in [-0.2, -0.15) is 0 Å². The Hall–Kier alpha value is -1.93. The highest BCUT2D eigenvalue weighted by Crippen LogP contribution is 2.26. The van der Waals surface area contributed by atoms with Crippen molar-refractivity contribution in [3.63, 3.8) is 0 Å². The lowest BCUT2D eigenvalue weighted by molar-refractivity contribution is 0.0996. The zero-order valence-electron chi connectivity index (χ0n) is 10.7. The predicted octanol–water partition coefficient (Wildman–Crippen LogP) is 4.64. The molecule has 2 heteroatoms. The first kappa shape index (κ1) is 12.1. The van der Waals surface area contributed by atoms with Crippen molar-refractivity contribution in [3.05, 3.63) is 70.6 Å². The van der Waals surface area contributed by atoms with Gasteiger partial charge in [0.25, 0.3) is 0 Å². The van der Waals surface area contributed by atoms with Crippen LogP contribution in [-0.2, 0) is 6.42 Å². The maximum Gasteiger partial charge on any atom is 0.177 e. The van der Waals surface area contributed by atoms with E-state index in [9.17, 15) is 4.79 Å². The maximum atomic E-state index is 12.3. The smallest absolute Gasteiger partial charge is 0.177 e. The Morgan fingerprint density at radius 1 is 1.05 bits per heavy atom. The molecule has 0 aliphatic heterocycles. The molecule has 0 aliphatic carbocycles. The zero-order chi connectivity index (χ0) is 13.2. The van der Waals surface area contributed by atoms with E-state index in [1.54, 1.807) is 11.3 Å². The topological polar surface area (TPSA) is 17.1 Å². The quantitative estimate of drug-likeness (QED) is 0.631. The molecule has 1 aromatic heterocycles. The normalized spacial score (nSPS) is 10.8. The molecule has 0 amide bonds. The van der Waals surface area contributed by atoms with Crippen LogP contribution in [0.2, 0.25) is 0 Å². The summed E-state index contributed by atoms with van der Waals surface area (Å²) in [7, 11) is 0. The number of aryl methyl sites for hydroxylation is 1. The molecule has 1 heterocycles. The van der Waals surface area contributed by atoms with E-state index >= 15 is 0 Å². The van der Waals surface area contributed by atoms with Crippen molar-refractivity contribution in [1.29, 1.82) is 0 Å². The van der Waals surface area contributed by atoms with Crippen molar-refractivity contribution in [3.8, 4) is 0 Å². The minimum atomic E-state index is 0.204. The van der Waals surface area contributed by atoms with E-state index in [4.69, 9.17) is 0 Å². The van der Waals surface area contributed by atoms with Gasteiger partial charge in [-0.3, -0.25) is 4.79 Å². The number of thiophene rings is 1. The second-order valence-electron chi connectivity index (χ2n) is 4.67. The third-order valence-corrected chi connectivity index (χ3v) is 4.47. The Morgan fingerprint density at radius 3 is 2.58 bits per heavy atom. The first-order valence-electron chi connectivity index (χ1n) is 6.30. The number of Topliss-reactive ketones (excluding diaryl/α,β-unsaturated/α-hetero) is 1. The lowest BCUT2D eigenvalue weighted by atomic mass is 10.0. The van der Waals surface area contributed by atoms with E-state index in [0.717, 1.165) is 15.8 Å². The minimum Gasteiger partial charge on any atom is -0.293 e. The average molecular weight is 266 g/mol. The van der Waals surface area contributed by atoms with Crippen LogP contribution in [0.3, 0.4) is 0 Å². The van der Waals surface area contributed by atoms with E-state index in [0.29, 0.717) is 6.42 Å². The number of carbonyl (C=O) groups is 1. The van der Waals surface area contributed by atoms with Gasteiger partial charge < -0.3 is 0 Å². The summed E-state index contributed by atoms with van der Waals surface area (Å²) in [6.45, 7) is 2.05. The summed E-state index contributed by atoms with van der Waals surface area (Å²) in [6, 6.07) is 18.2. The molecule has 3 aromatic rings. The largest absolute Gasteiger partial charge is 0.293 e. The molecule has 19 heavy (non-hydrogen) atoms. The van der Waals surface area contributed by atoms with Crippen LogP contribution in [-0.4, -0.2) is 5.78 Å². The summed E-state index contributed by atoms with van der Waals surface area (Å²) in [4.78, 5) is 13.2. The number of hydrogen-bond acceptors (Lipinski definition) is 2. The Morgan fingerprint density at radius 2 is 1.79 bits per heavy atom. The third-order valence-electron chi connectivity index (χ3n) is 3.31. The van der Waals surface area contributed by atoms with Gasteiger partial charge in [-0.25, -0.2) is 0 Å². The Balaban J connectivity index is 1.90. The SMILES string of the molecule is Cc1ccccc1CC(=O)c1cc2ccccc2s1. The van der Waals surface area contributed by atoms with Crippen molar-refractivity contribution in [1.82, 2.24) is 0 Å². The molecule has 1 nitrogen and oxygen atoms in total. The molecule has 0 atom stereocenters. The molecule has 94 valence electrons. The van der Waals surface area contributed by atoms with Gasteiger partial charge in [-0.05, 0) is 35.6 Å². The third kappa shape index (κ3) is 2.45. The summed E-state index contributed by atoms with van der Waals surface area (Å²) >= 11 is 1.58. The van der Waals surface area contributed by atoms with Crippen LogP contribution < -0.4 is 0 Å². The highest BCUT2D eigenvalue weighted by Gasteiger charge is 2.11. The molecule has 0 saturated heterocycles. The number of carbonyl (C=O) groups excluding carboxylic acids is 1. The number of benzene rings is 2. The highest BCUT2D eigenvalue weighted by molar-refractivity contribution is 7.20. The van der Waals surface area contributed by atoms with Crippen LogP contribution in [0.5, 0.6) is 0 Å². The lowest BCUT2D eigenvalue weighted by Crippen LogP contribution is -2.02. The van der Waals surface area contributed by atoms with Crippen molar-refractivity contribution in [2.45, 2.75) is 13.3 Å². The van der Waals surface area contributed by atoms with Crippen molar-refractivity contribution in [2.75, 3.05) is 0 Å². The van der Waals surface area contributed by atoms with E-state index in [-0.39, 0.29) is 5.78 Å². The molecular formula is C17H14OS. The maximum absolute atomic E-state index is 12.3. The molecule has 3 rings (SSSR count). The summed E-state index contributed by atoms with van der Waals surface area (Å²) in [5, 5.41) is 1.15. The number of rotatable bonds is 3.